The molecule has 0 bridgehead atoms. The van der Waals surface area contributed by atoms with Gasteiger partial charge in [-0.05, 0) is 51.5 Å². The van der Waals surface area contributed by atoms with Crippen molar-refractivity contribution >= 4 is 23.6 Å². The quantitative estimate of drug-likeness (QED) is 0.0687. The van der Waals surface area contributed by atoms with Gasteiger partial charge in [0, 0.05) is 37.7 Å². The van der Waals surface area contributed by atoms with Crippen molar-refractivity contribution in [1.82, 2.24) is 40.6 Å². The lowest BCUT2D eigenvalue weighted by atomic mass is 10.1. The molecular weight excluding hydrogens is 919 g/mol. The summed E-state index contributed by atoms with van der Waals surface area (Å²) in [5.74, 6) is 0.152. The van der Waals surface area contributed by atoms with Gasteiger partial charge < -0.3 is 72.7 Å². The number of anilines is 1. The van der Waals surface area contributed by atoms with Crippen molar-refractivity contribution < 1.29 is 71.6 Å². The molecule has 3 aromatic heterocycles. The smallest absolute Gasteiger partial charge is 0.407 e. The number of nitrogens with one attached hydrogen (secondary N) is 2. The predicted molar refractivity (Wildman–Crippen MR) is 253 cm³/mol. The first-order chi connectivity index (χ1) is 34.1. The highest BCUT2D eigenvalue weighted by molar-refractivity contribution is 5.91. The molecule has 0 unspecified atom stereocenters. The zero-order chi connectivity index (χ0) is 50.2. The lowest BCUT2D eigenvalue weighted by Crippen LogP contribution is -2.46. The van der Waals surface area contributed by atoms with E-state index in [1.807, 2.05) is 26.8 Å². The number of carbonyl (C=O) groups is 3. The van der Waals surface area contributed by atoms with E-state index in [9.17, 15) is 19.5 Å². The van der Waals surface area contributed by atoms with Crippen molar-refractivity contribution in [2.75, 3.05) is 164 Å². The van der Waals surface area contributed by atoms with Crippen molar-refractivity contribution in [1.29, 1.82) is 0 Å². The largest absolute Gasteiger partial charge is 0.465 e. The van der Waals surface area contributed by atoms with Crippen LogP contribution in [0.2, 0.25) is 0 Å². The summed E-state index contributed by atoms with van der Waals surface area (Å²) < 4.78 is 60.4. The highest BCUT2D eigenvalue weighted by Gasteiger charge is 2.25. The van der Waals surface area contributed by atoms with Crippen LogP contribution < -0.4 is 10.6 Å². The number of pyridine rings is 2. The van der Waals surface area contributed by atoms with Crippen molar-refractivity contribution in [2.24, 2.45) is 0 Å². The van der Waals surface area contributed by atoms with E-state index in [0.29, 0.717) is 188 Å². The third-order valence-electron chi connectivity index (χ3n) is 9.25. The van der Waals surface area contributed by atoms with Crippen molar-refractivity contribution in [2.45, 2.75) is 45.6 Å². The minimum Gasteiger partial charge on any atom is -0.465 e. The molecule has 24 nitrogen and oxygen atoms in total. The van der Waals surface area contributed by atoms with E-state index in [0.717, 1.165) is 0 Å². The Morgan fingerprint density at radius 2 is 0.914 bits per heavy atom. The topological polar surface area (TPSA) is 278 Å². The van der Waals surface area contributed by atoms with Gasteiger partial charge in [0.1, 0.15) is 11.4 Å². The second-order valence-electron chi connectivity index (χ2n) is 15.8. The highest BCUT2D eigenvalue weighted by Crippen LogP contribution is 2.16. The fourth-order valence-corrected chi connectivity index (χ4v) is 5.69. The van der Waals surface area contributed by atoms with Gasteiger partial charge in [0.2, 0.25) is 23.5 Å². The Labute approximate surface area is 410 Å². The van der Waals surface area contributed by atoms with Gasteiger partial charge in [-0.15, -0.1) is 20.4 Å². The summed E-state index contributed by atoms with van der Waals surface area (Å²) in [6.07, 6.45) is 2.94. The van der Waals surface area contributed by atoms with Gasteiger partial charge in [0.05, 0.1) is 157 Å². The lowest BCUT2D eigenvalue weighted by Gasteiger charge is -2.32. The van der Waals surface area contributed by atoms with Crippen LogP contribution in [0.4, 0.5) is 10.5 Å². The number of carbonyl (C=O) groups excluding carboxylic acids is 2. The number of hydrogen-bond acceptors (Lipinski definition) is 20. The van der Waals surface area contributed by atoms with E-state index in [1.54, 1.807) is 30.5 Å². The molecule has 0 aliphatic carbocycles. The van der Waals surface area contributed by atoms with E-state index < -0.39 is 11.6 Å². The lowest BCUT2D eigenvalue weighted by molar-refractivity contribution is -0.121. The van der Waals surface area contributed by atoms with Crippen LogP contribution in [0.5, 0.6) is 0 Å². The number of nitrogens with zero attached hydrogens (tertiary/aromatic N) is 7. The molecule has 0 atom stereocenters. The number of aromatic nitrogens is 6. The Balaban J connectivity index is 0.953. The Morgan fingerprint density at radius 3 is 1.29 bits per heavy atom. The normalized spacial score (nSPS) is 11.5. The molecule has 0 radical (unpaired) electrons. The number of carboxylic acid groups (broad SMARTS) is 1. The molecule has 0 saturated carbocycles. The van der Waals surface area contributed by atoms with Crippen LogP contribution >= 0.6 is 0 Å². The second kappa shape index (κ2) is 38.7. The molecule has 0 aliphatic heterocycles. The van der Waals surface area contributed by atoms with E-state index >= 15 is 0 Å². The van der Waals surface area contributed by atoms with Crippen LogP contribution in [-0.2, 0) is 61.7 Å². The van der Waals surface area contributed by atoms with Crippen molar-refractivity contribution in [3.8, 4) is 23.0 Å². The summed E-state index contributed by atoms with van der Waals surface area (Å²) in [7, 11) is 0. The monoisotopic (exact) mass is 992 g/mol. The molecule has 0 fully saturated rings. The molecule has 0 spiro atoms. The maximum Gasteiger partial charge on any atom is 0.407 e. The second-order valence-corrected chi connectivity index (χ2v) is 15.8. The molecule has 3 N–H and O–H groups in total. The average molecular weight is 992 g/mol. The van der Waals surface area contributed by atoms with Crippen LogP contribution in [-0.4, -0.2) is 222 Å². The number of hydrogen-bond donors (Lipinski definition) is 3. The van der Waals surface area contributed by atoms with E-state index in [-0.39, 0.29) is 30.5 Å². The van der Waals surface area contributed by atoms with Gasteiger partial charge in [-0.3, -0.25) is 19.6 Å². The molecule has 24 heteroatoms. The minimum atomic E-state index is -0.962. The fraction of sp³-hybridized carbons (Fsp3) is 0.674. The SMILES string of the molecule is CC(C)(C)N(CCOCCOCCOCCOCCOCCOCCOCCOCCOCCOCCOCCNC(=O)CCCC(=O)Nc1ccc(-c2nnc(-c3ccccn3)nn2)nc1)C(=O)O. The average Bonchev–Trinajstić information content (AvgIpc) is 3.35. The number of rotatable bonds is 43. The van der Waals surface area contributed by atoms with Gasteiger partial charge in [-0.1, -0.05) is 6.07 Å². The molecular formula is C46H73N9O15. The predicted octanol–water partition coefficient (Wildman–Crippen LogP) is 2.58. The standard InChI is InChI=1S/C46H73N9O15/c1-46(2,3)55(45(58)59)14-16-61-18-20-63-22-24-65-26-28-67-30-32-69-34-36-70-35-33-68-31-29-66-27-25-64-23-21-62-19-17-60-15-13-48-41(56)8-6-9-42(57)50-38-10-11-40(49-37-38)44-53-51-43(52-54-44)39-7-4-5-12-47-39/h4-5,7,10-12,37H,6,8-9,13-36H2,1-3H3,(H,48,56)(H,50,57)(H,58,59). The minimum absolute atomic E-state index is 0.159. The first-order valence-electron chi connectivity index (χ1n) is 23.5. The third-order valence-corrected chi connectivity index (χ3v) is 9.25. The van der Waals surface area contributed by atoms with Crippen molar-refractivity contribution in [3.05, 3.63) is 42.7 Å². The van der Waals surface area contributed by atoms with Crippen LogP contribution in [0.25, 0.3) is 23.0 Å². The maximum atomic E-state index is 12.4. The number of amides is 3. The van der Waals surface area contributed by atoms with Crippen LogP contribution in [0.1, 0.15) is 40.0 Å². The molecule has 0 aliphatic rings. The van der Waals surface area contributed by atoms with Gasteiger partial charge in [0.25, 0.3) is 0 Å². The van der Waals surface area contributed by atoms with E-state index in [4.69, 9.17) is 52.1 Å². The first kappa shape index (κ1) is 59.3. The summed E-state index contributed by atoms with van der Waals surface area (Å²) in [6, 6.07) is 8.71. The molecule has 70 heavy (non-hydrogen) atoms. The third kappa shape index (κ3) is 29.9. The zero-order valence-corrected chi connectivity index (χ0v) is 40.9. The van der Waals surface area contributed by atoms with Gasteiger partial charge in [0.15, 0.2) is 0 Å². The summed E-state index contributed by atoms with van der Waals surface area (Å²) in [4.78, 5) is 45.6. The Bertz CT molecular complexity index is 1780. The molecule has 3 heterocycles. The molecule has 3 aromatic rings. The number of ether oxygens (including phenoxy) is 11. The van der Waals surface area contributed by atoms with Crippen molar-refractivity contribution in [3.63, 3.8) is 0 Å². The van der Waals surface area contributed by atoms with Crippen LogP contribution in [0.3, 0.4) is 0 Å². The maximum absolute atomic E-state index is 12.4. The molecule has 3 rings (SSSR count). The van der Waals surface area contributed by atoms with Gasteiger partial charge in [-0.2, -0.15) is 0 Å². The zero-order valence-electron chi connectivity index (χ0n) is 40.9. The van der Waals surface area contributed by atoms with Crippen LogP contribution in [0.15, 0.2) is 42.7 Å². The molecule has 3 amide bonds. The van der Waals surface area contributed by atoms with Gasteiger partial charge in [-0.25, -0.2) is 4.79 Å². The summed E-state index contributed by atoms with van der Waals surface area (Å²) >= 11 is 0. The van der Waals surface area contributed by atoms with E-state index in [2.05, 4.69) is 41.0 Å². The Morgan fingerprint density at radius 1 is 0.514 bits per heavy atom. The molecule has 392 valence electrons. The summed E-state index contributed by atoms with van der Waals surface area (Å²) in [5.41, 5.74) is 1.04. The van der Waals surface area contributed by atoms with Crippen LogP contribution in [0, 0.1) is 0 Å². The summed E-state index contributed by atoms with van der Waals surface area (Å²) in [6.45, 7) is 15.7. The fourth-order valence-electron chi connectivity index (χ4n) is 5.69. The van der Waals surface area contributed by atoms with E-state index in [1.165, 1.54) is 11.1 Å². The molecule has 0 aromatic carbocycles. The van der Waals surface area contributed by atoms with Gasteiger partial charge >= 0.3 is 6.09 Å². The summed E-state index contributed by atoms with van der Waals surface area (Å²) in [5, 5.41) is 31.1. The molecule has 0 saturated heterocycles. The Kier molecular flexibility index (Phi) is 32.8. The highest BCUT2D eigenvalue weighted by atomic mass is 16.6. The first-order valence-corrected chi connectivity index (χ1v) is 23.5. The Hall–Kier alpha value is -4.99.